The maximum atomic E-state index is 14.8. The van der Waals surface area contributed by atoms with E-state index in [9.17, 15) is 23.9 Å². The van der Waals surface area contributed by atoms with Crippen LogP contribution in [0.3, 0.4) is 0 Å². The fourth-order valence-electron chi connectivity index (χ4n) is 3.63. The number of benzene rings is 3. The van der Waals surface area contributed by atoms with Gasteiger partial charge < -0.3 is 5.11 Å². The van der Waals surface area contributed by atoms with Gasteiger partial charge in [-0.05, 0) is 42.5 Å². The first-order chi connectivity index (χ1) is 15.7. The highest BCUT2D eigenvalue weighted by Crippen LogP contribution is 2.32. The fraction of sp³-hybridized carbons (Fsp3) is 0.0833. The zero-order chi connectivity index (χ0) is 23.8. The first kappa shape index (κ1) is 22.3. The van der Waals surface area contributed by atoms with Crippen LogP contribution in [-0.2, 0) is 9.59 Å². The number of carboxylic acids is 1. The van der Waals surface area contributed by atoms with E-state index in [4.69, 9.17) is 17.3 Å². The third-order valence-electron chi connectivity index (χ3n) is 5.18. The lowest BCUT2D eigenvalue weighted by Gasteiger charge is -2.28. The summed E-state index contributed by atoms with van der Waals surface area (Å²) in [6, 6.07) is 17.6. The molecule has 3 aromatic rings. The number of aliphatic carboxylic acids is 1. The highest BCUT2D eigenvalue weighted by atomic mass is 35.5. The number of para-hydroxylation sites is 1. The molecule has 1 unspecified atom stereocenters. The number of halogens is 2. The zero-order valence-corrected chi connectivity index (χ0v) is 17.8. The third kappa shape index (κ3) is 4.02. The smallest absolute Gasteiger partial charge is 0.323 e. The highest BCUT2D eigenvalue weighted by Gasteiger charge is 2.48. The van der Waals surface area contributed by atoms with Crippen LogP contribution in [0.2, 0.25) is 5.02 Å². The van der Waals surface area contributed by atoms with Crippen LogP contribution in [-0.4, -0.2) is 40.7 Å². The van der Waals surface area contributed by atoms with Crippen molar-refractivity contribution >= 4 is 40.7 Å². The van der Waals surface area contributed by atoms with Gasteiger partial charge in [0.15, 0.2) is 0 Å². The van der Waals surface area contributed by atoms with E-state index in [2.05, 4.69) is 4.99 Å². The number of nitrogens with zero attached hydrogens (tertiary/aromatic N) is 2. The molecule has 0 radical (unpaired) electrons. The Kier molecular flexibility index (Phi) is 5.80. The summed E-state index contributed by atoms with van der Waals surface area (Å²) in [6.07, 6.45) is 0. The Morgan fingerprint density at radius 2 is 1.61 bits per heavy atom. The van der Waals surface area contributed by atoms with E-state index >= 15 is 0 Å². The predicted octanol–water partition coefficient (Wildman–Crippen LogP) is 3.29. The van der Waals surface area contributed by atoms with Crippen molar-refractivity contribution in [3.63, 3.8) is 0 Å². The molecule has 3 aromatic carbocycles. The van der Waals surface area contributed by atoms with E-state index in [1.165, 1.54) is 48.5 Å². The molecule has 1 aliphatic rings. The standard InChI is InChI=1S/C24H17ClFN3O4/c25-15-11-9-14(10-12-15)22(32)24(27)23(33)29(13-20(30)31)19-8-4-2-6-17(19)21(28-24)16-5-1-3-7-18(16)26/h1-12H,13,27H2,(H,30,31). The number of hydrogen-bond acceptors (Lipinski definition) is 5. The average molecular weight is 466 g/mol. The molecule has 4 rings (SSSR count). The molecule has 166 valence electrons. The topological polar surface area (TPSA) is 113 Å². The second kappa shape index (κ2) is 8.57. The maximum Gasteiger partial charge on any atom is 0.323 e. The monoisotopic (exact) mass is 465 g/mol. The van der Waals surface area contributed by atoms with Crippen molar-refractivity contribution in [2.24, 2.45) is 10.7 Å². The average Bonchev–Trinajstić information content (AvgIpc) is 2.89. The summed E-state index contributed by atoms with van der Waals surface area (Å²) in [5.41, 5.74) is 4.20. The molecule has 0 saturated heterocycles. The Labute approximate surface area is 192 Å². The van der Waals surface area contributed by atoms with Crippen molar-refractivity contribution in [3.8, 4) is 0 Å². The van der Waals surface area contributed by atoms with Crippen molar-refractivity contribution in [2.45, 2.75) is 5.66 Å². The molecule has 0 fully saturated rings. The molecule has 0 bridgehead atoms. The largest absolute Gasteiger partial charge is 0.480 e. The van der Waals surface area contributed by atoms with Crippen molar-refractivity contribution in [1.82, 2.24) is 0 Å². The summed E-state index contributed by atoms with van der Waals surface area (Å²) in [5, 5.41) is 9.81. The van der Waals surface area contributed by atoms with Gasteiger partial charge in [0.2, 0.25) is 5.78 Å². The minimum atomic E-state index is -2.56. The molecule has 1 amide bonds. The van der Waals surface area contributed by atoms with Crippen molar-refractivity contribution in [1.29, 1.82) is 0 Å². The number of carboxylic acid groups (broad SMARTS) is 1. The number of carbonyl (C=O) groups is 3. The number of Topliss-reactive ketones (excluding diaryl/α,β-unsaturated/α-hetero) is 1. The molecule has 1 aliphatic heterocycles. The van der Waals surface area contributed by atoms with Crippen LogP contribution in [0.15, 0.2) is 77.8 Å². The summed E-state index contributed by atoms with van der Waals surface area (Å²) in [6.45, 7) is -0.775. The van der Waals surface area contributed by atoms with Gasteiger partial charge in [-0.25, -0.2) is 9.38 Å². The molecule has 0 saturated carbocycles. The molecule has 33 heavy (non-hydrogen) atoms. The lowest BCUT2D eigenvalue weighted by Crippen LogP contribution is -2.60. The predicted molar refractivity (Wildman–Crippen MR) is 121 cm³/mol. The summed E-state index contributed by atoms with van der Waals surface area (Å²) >= 11 is 5.90. The molecule has 9 heteroatoms. The van der Waals surface area contributed by atoms with Crippen LogP contribution in [0.5, 0.6) is 0 Å². The first-order valence-corrected chi connectivity index (χ1v) is 10.2. The number of nitrogens with two attached hydrogens (primary N) is 1. The quantitative estimate of drug-likeness (QED) is 0.443. The molecule has 3 N–H and O–H groups in total. The number of anilines is 1. The summed E-state index contributed by atoms with van der Waals surface area (Å²) < 4.78 is 14.8. The molecule has 0 spiro atoms. The number of ketones is 1. The number of fused-ring (bicyclic) bond motifs is 1. The molecule has 7 nitrogen and oxygen atoms in total. The number of rotatable bonds is 5. The minimum absolute atomic E-state index is 0.00801. The molecule has 0 aliphatic carbocycles. The van der Waals surface area contributed by atoms with E-state index in [1.807, 2.05) is 0 Å². The Bertz CT molecular complexity index is 1310. The highest BCUT2D eigenvalue weighted by molar-refractivity contribution is 6.31. The molecular weight excluding hydrogens is 449 g/mol. The zero-order valence-electron chi connectivity index (χ0n) is 17.0. The Morgan fingerprint density at radius 1 is 1.00 bits per heavy atom. The van der Waals surface area contributed by atoms with E-state index in [1.54, 1.807) is 24.3 Å². The van der Waals surface area contributed by atoms with Crippen LogP contribution in [0.4, 0.5) is 10.1 Å². The summed E-state index contributed by atoms with van der Waals surface area (Å²) in [4.78, 5) is 43.9. The van der Waals surface area contributed by atoms with Gasteiger partial charge in [-0.1, -0.05) is 41.9 Å². The summed E-state index contributed by atoms with van der Waals surface area (Å²) in [5.74, 6) is -3.91. The van der Waals surface area contributed by atoms with E-state index < -0.39 is 35.7 Å². The lowest BCUT2D eigenvalue weighted by molar-refractivity contribution is -0.137. The van der Waals surface area contributed by atoms with Crippen molar-refractivity contribution in [3.05, 3.63) is 100 Å². The van der Waals surface area contributed by atoms with E-state index in [-0.39, 0.29) is 28.1 Å². The number of amides is 1. The van der Waals surface area contributed by atoms with Crippen LogP contribution < -0.4 is 10.6 Å². The van der Waals surface area contributed by atoms with Gasteiger partial charge in [-0.2, -0.15) is 0 Å². The van der Waals surface area contributed by atoms with Crippen molar-refractivity contribution in [2.75, 3.05) is 11.4 Å². The van der Waals surface area contributed by atoms with E-state index in [0.29, 0.717) is 5.02 Å². The number of hydrogen-bond donors (Lipinski definition) is 2. The van der Waals surface area contributed by atoms with Crippen molar-refractivity contribution < 1.29 is 23.9 Å². The Hall–Kier alpha value is -3.88. The third-order valence-corrected chi connectivity index (χ3v) is 5.44. The number of aliphatic imine (C=N–C) groups is 1. The number of carbonyl (C=O) groups excluding carboxylic acids is 2. The Morgan fingerprint density at radius 3 is 2.24 bits per heavy atom. The number of benzodiazepines with no additional fused rings is 1. The SMILES string of the molecule is NC1(C(=O)c2ccc(Cl)cc2)N=C(c2ccccc2F)c2ccccc2N(CC(=O)O)C1=O. The molecular formula is C24H17ClFN3O4. The Balaban J connectivity index is 2.01. The molecule has 1 heterocycles. The van der Waals surface area contributed by atoms with Crippen LogP contribution in [0.25, 0.3) is 0 Å². The first-order valence-electron chi connectivity index (χ1n) is 9.79. The molecule has 0 aromatic heterocycles. The lowest BCUT2D eigenvalue weighted by atomic mass is 9.96. The fourth-order valence-corrected chi connectivity index (χ4v) is 3.75. The second-order valence-electron chi connectivity index (χ2n) is 7.34. The van der Waals surface area contributed by atoms with Gasteiger partial charge in [-0.3, -0.25) is 25.0 Å². The van der Waals surface area contributed by atoms with Gasteiger partial charge in [0.25, 0.3) is 11.6 Å². The normalized spacial score (nSPS) is 17.7. The van der Waals surface area contributed by atoms with Gasteiger partial charge in [0.05, 0.1) is 11.4 Å². The minimum Gasteiger partial charge on any atom is -0.480 e. The van der Waals surface area contributed by atoms with Crippen LogP contribution in [0.1, 0.15) is 21.5 Å². The van der Waals surface area contributed by atoms with Gasteiger partial charge in [0, 0.05) is 21.7 Å². The maximum absolute atomic E-state index is 14.8. The molecule has 1 atom stereocenters. The van der Waals surface area contributed by atoms with Gasteiger partial charge in [-0.15, -0.1) is 0 Å². The van der Waals surface area contributed by atoms with Crippen LogP contribution in [0, 0.1) is 5.82 Å². The van der Waals surface area contributed by atoms with E-state index in [0.717, 1.165) is 4.90 Å². The summed E-state index contributed by atoms with van der Waals surface area (Å²) in [7, 11) is 0. The van der Waals surface area contributed by atoms with Gasteiger partial charge >= 0.3 is 5.97 Å². The van der Waals surface area contributed by atoms with Crippen LogP contribution >= 0.6 is 11.6 Å². The van der Waals surface area contributed by atoms with Gasteiger partial charge in [0.1, 0.15) is 12.4 Å². The second-order valence-corrected chi connectivity index (χ2v) is 7.78.